The minimum absolute atomic E-state index is 0.115. The molecule has 2 unspecified atom stereocenters. The summed E-state index contributed by atoms with van der Waals surface area (Å²) < 4.78 is 5.55. The molecule has 1 aliphatic heterocycles. The van der Waals surface area contributed by atoms with E-state index in [0.29, 0.717) is 6.61 Å². The molecule has 128 valence electrons. The van der Waals surface area contributed by atoms with E-state index in [9.17, 15) is 9.59 Å². The molecular weight excluding hydrogens is 320 g/mol. The second kappa shape index (κ2) is 6.75. The van der Waals surface area contributed by atoms with E-state index in [2.05, 4.69) is 32.9 Å². The molecule has 3 nitrogen and oxygen atoms in total. The molecule has 0 radical (unpaired) electrons. The molecule has 1 heterocycles. The van der Waals surface area contributed by atoms with Crippen molar-refractivity contribution in [3.8, 4) is 0 Å². The number of hydrogen-bond donors (Lipinski definition) is 0. The lowest BCUT2D eigenvalue weighted by atomic mass is 10.1. The van der Waals surface area contributed by atoms with Gasteiger partial charge >= 0.3 is 5.97 Å². The van der Waals surface area contributed by atoms with E-state index >= 15 is 0 Å². The fourth-order valence-corrected chi connectivity index (χ4v) is 4.30. The third-order valence-electron chi connectivity index (χ3n) is 5.19. The van der Waals surface area contributed by atoms with E-state index in [1.807, 2.05) is 18.2 Å². The van der Waals surface area contributed by atoms with E-state index < -0.39 is 0 Å². The van der Waals surface area contributed by atoms with Crippen LogP contribution in [0, 0.1) is 17.3 Å². The zero-order valence-corrected chi connectivity index (χ0v) is 15.3. The molecule has 1 aliphatic carbocycles. The summed E-state index contributed by atoms with van der Waals surface area (Å²) in [7, 11) is 0. The minimum atomic E-state index is -0.151. The summed E-state index contributed by atoms with van der Waals surface area (Å²) in [6.07, 6.45) is 3.81. The fraction of sp³-hybridized carbons (Fsp3) is 0.500. The molecule has 1 saturated carbocycles. The van der Waals surface area contributed by atoms with Crippen LogP contribution in [-0.2, 0) is 27.4 Å². The van der Waals surface area contributed by atoms with Gasteiger partial charge in [-0.15, -0.1) is 0 Å². The first-order chi connectivity index (χ1) is 11.4. The van der Waals surface area contributed by atoms with Crippen LogP contribution in [0.15, 0.2) is 35.9 Å². The quantitative estimate of drug-likeness (QED) is 0.594. The van der Waals surface area contributed by atoms with Crippen molar-refractivity contribution in [2.45, 2.75) is 40.2 Å². The Labute approximate surface area is 147 Å². The van der Waals surface area contributed by atoms with Gasteiger partial charge in [-0.05, 0) is 35.3 Å². The number of allylic oxidation sites excluding steroid dienone is 1. The SMILES string of the molecule is CCc1cccc(COC(=O)C2C(/C=C3\CCSC3=O)C2(C)C)c1. The standard InChI is InChI=1S/C20H24O3S/c1-4-13-6-5-7-14(10-13)12-23-18(21)17-16(20(17,2)3)11-15-8-9-24-19(15)22/h5-7,10-11,16-17H,4,8-9,12H2,1-3H3/b15-11+. The summed E-state index contributed by atoms with van der Waals surface area (Å²) in [6.45, 7) is 6.58. The average Bonchev–Trinajstić information content (AvgIpc) is 2.87. The second-order valence-electron chi connectivity index (χ2n) is 7.18. The van der Waals surface area contributed by atoms with Gasteiger partial charge in [-0.3, -0.25) is 9.59 Å². The lowest BCUT2D eigenvalue weighted by Crippen LogP contribution is -2.10. The number of aryl methyl sites for hydroxylation is 1. The molecule has 1 aromatic rings. The highest BCUT2D eigenvalue weighted by molar-refractivity contribution is 8.14. The first-order valence-electron chi connectivity index (χ1n) is 8.55. The van der Waals surface area contributed by atoms with Gasteiger partial charge in [0.15, 0.2) is 0 Å². The van der Waals surface area contributed by atoms with Crippen LogP contribution in [0.2, 0.25) is 0 Å². The zero-order valence-electron chi connectivity index (χ0n) is 14.5. The van der Waals surface area contributed by atoms with Crippen molar-refractivity contribution in [2.75, 3.05) is 5.75 Å². The number of carbonyl (C=O) groups is 2. The van der Waals surface area contributed by atoms with Crippen LogP contribution in [0.25, 0.3) is 0 Å². The number of ether oxygens (including phenoxy) is 1. The lowest BCUT2D eigenvalue weighted by molar-refractivity contribution is -0.147. The monoisotopic (exact) mass is 344 g/mol. The lowest BCUT2D eigenvalue weighted by Gasteiger charge is -2.07. The molecule has 0 N–H and O–H groups in total. The Bertz CT molecular complexity index is 690. The van der Waals surface area contributed by atoms with Crippen molar-refractivity contribution in [2.24, 2.45) is 17.3 Å². The van der Waals surface area contributed by atoms with E-state index in [4.69, 9.17) is 4.74 Å². The van der Waals surface area contributed by atoms with Gasteiger partial charge in [0, 0.05) is 11.3 Å². The Morgan fingerprint density at radius 1 is 1.38 bits per heavy atom. The van der Waals surface area contributed by atoms with Crippen LogP contribution in [0.1, 0.15) is 38.3 Å². The number of esters is 1. The van der Waals surface area contributed by atoms with E-state index in [1.54, 1.807) is 0 Å². The van der Waals surface area contributed by atoms with Gasteiger partial charge in [0.25, 0.3) is 0 Å². The van der Waals surface area contributed by atoms with Gasteiger partial charge in [0.1, 0.15) is 6.61 Å². The third kappa shape index (κ3) is 3.44. The highest BCUT2D eigenvalue weighted by Gasteiger charge is 2.61. The summed E-state index contributed by atoms with van der Waals surface area (Å²) in [4.78, 5) is 24.2. The summed E-state index contributed by atoms with van der Waals surface area (Å²) in [5, 5.41) is 0.168. The molecule has 0 amide bonds. The van der Waals surface area contributed by atoms with E-state index in [1.165, 1.54) is 17.3 Å². The Morgan fingerprint density at radius 3 is 2.79 bits per heavy atom. The smallest absolute Gasteiger partial charge is 0.310 e. The normalized spacial score (nSPS) is 26.6. The number of thioether (sulfide) groups is 1. The van der Waals surface area contributed by atoms with Crippen LogP contribution < -0.4 is 0 Å². The first-order valence-corrected chi connectivity index (χ1v) is 9.54. The number of carbonyl (C=O) groups excluding carboxylic acids is 2. The van der Waals surface area contributed by atoms with Crippen molar-refractivity contribution in [3.63, 3.8) is 0 Å². The van der Waals surface area contributed by atoms with Crippen molar-refractivity contribution >= 4 is 22.8 Å². The molecule has 3 rings (SSSR count). The molecule has 2 fully saturated rings. The molecule has 1 saturated heterocycles. The van der Waals surface area contributed by atoms with Gasteiger partial charge < -0.3 is 4.74 Å². The predicted molar refractivity (Wildman–Crippen MR) is 96.5 cm³/mol. The fourth-order valence-electron chi connectivity index (χ4n) is 3.44. The molecule has 0 spiro atoms. The topological polar surface area (TPSA) is 43.4 Å². The van der Waals surface area contributed by atoms with Crippen LogP contribution >= 0.6 is 11.8 Å². The maximum Gasteiger partial charge on any atom is 0.310 e. The summed E-state index contributed by atoms with van der Waals surface area (Å²) in [6, 6.07) is 8.14. The number of benzene rings is 1. The molecule has 4 heteroatoms. The third-order valence-corrected chi connectivity index (χ3v) is 6.13. The van der Waals surface area contributed by atoms with E-state index in [-0.39, 0.29) is 28.3 Å². The van der Waals surface area contributed by atoms with Crippen molar-refractivity contribution in [3.05, 3.63) is 47.0 Å². The molecule has 1 aromatic carbocycles. The maximum absolute atomic E-state index is 12.5. The van der Waals surface area contributed by atoms with Gasteiger partial charge in [-0.2, -0.15) is 0 Å². The Balaban J connectivity index is 1.61. The molecule has 2 aliphatic rings. The highest BCUT2D eigenvalue weighted by atomic mass is 32.2. The molecular formula is C20H24O3S. The van der Waals surface area contributed by atoms with Crippen LogP contribution in [0.3, 0.4) is 0 Å². The van der Waals surface area contributed by atoms with Crippen LogP contribution in [-0.4, -0.2) is 16.8 Å². The Kier molecular flexibility index (Phi) is 4.86. The van der Waals surface area contributed by atoms with Crippen LogP contribution in [0.4, 0.5) is 0 Å². The summed E-state index contributed by atoms with van der Waals surface area (Å²) in [5.74, 6) is 0.685. The Hall–Kier alpha value is -1.55. The summed E-state index contributed by atoms with van der Waals surface area (Å²) >= 11 is 1.37. The van der Waals surface area contributed by atoms with Crippen LogP contribution in [0.5, 0.6) is 0 Å². The number of hydrogen-bond acceptors (Lipinski definition) is 4. The molecule has 2 atom stereocenters. The van der Waals surface area contributed by atoms with Crippen molar-refractivity contribution in [1.29, 1.82) is 0 Å². The first kappa shape index (κ1) is 17.3. The van der Waals surface area contributed by atoms with Crippen molar-refractivity contribution in [1.82, 2.24) is 0 Å². The van der Waals surface area contributed by atoms with Gasteiger partial charge in [-0.1, -0.05) is 62.9 Å². The van der Waals surface area contributed by atoms with E-state index in [0.717, 1.165) is 29.7 Å². The molecule has 0 bridgehead atoms. The van der Waals surface area contributed by atoms with Gasteiger partial charge in [0.2, 0.25) is 5.12 Å². The molecule has 0 aromatic heterocycles. The maximum atomic E-state index is 12.5. The van der Waals surface area contributed by atoms with Gasteiger partial charge in [-0.25, -0.2) is 0 Å². The summed E-state index contributed by atoms with van der Waals surface area (Å²) in [5.41, 5.74) is 3.03. The highest BCUT2D eigenvalue weighted by Crippen LogP contribution is 2.60. The zero-order chi connectivity index (χ0) is 17.3. The molecule has 24 heavy (non-hydrogen) atoms. The average molecular weight is 344 g/mol. The predicted octanol–water partition coefficient (Wildman–Crippen LogP) is 4.15. The largest absolute Gasteiger partial charge is 0.461 e. The minimum Gasteiger partial charge on any atom is -0.461 e. The van der Waals surface area contributed by atoms with Crippen molar-refractivity contribution < 1.29 is 14.3 Å². The van der Waals surface area contributed by atoms with Gasteiger partial charge in [0.05, 0.1) is 5.92 Å². The Morgan fingerprint density at radius 2 is 2.12 bits per heavy atom. The second-order valence-corrected chi connectivity index (χ2v) is 8.25. The number of rotatable bonds is 5.